The lowest BCUT2D eigenvalue weighted by Crippen LogP contribution is -1.96. The van der Waals surface area contributed by atoms with Crippen LogP contribution < -0.4 is 4.74 Å². The van der Waals surface area contributed by atoms with Gasteiger partial charge in [-0.3, -0.25) is 0 Å². The minimum atomic E-state index is 0.407. The number of hydrogen-bond acceptors (Lipinski definition) is 3. The molecule has 0 aliphatic rings. The molecule has 0 unspecified atom stereocenters. The highest BCUT2D eigenvalue weighted by Gasteiger charge is 2.04. The molecule has 0 radical (unpaired) electrons. The van der Waals surface area contributed by atoms with E-state index in [1.807, 2.05) is 12.3 Å². The van der Waals surface area contributed by atoms with Crippen molar-refractivity contribution in [2.75, 3.05) is 0 Å². The van der Waals surface area contributed by atoms with Crippen LogP contribution in [0.5, 0.6) is 5.75 Å². The van der Waals surface area contributed by atoms with E-state index in [1.54, 1.807) is 29.5 Å². The molecule has 0 aliphatic heterocycles. The quantitative estimate of drug-likeness (QED) is 0.830. The first kappa shape index (κ1) is 11.7. The van der Waals surface area contributed by atoms with Crippen LogP contribution in [0.1, 0.15) is 10.7 Å². The highest BCUT2D eigenvalue weighted by Crippen LogP contribution is 2.28. The van der Waals surface area contributed by atoms with E-state index in [1.165, 1.54) is 0 Å². The minimum Gasteiger partial charge on any atom is -0.486 e. The maximum Gasteiger partial charge on any atom is 0.139 e. The zero-order valence-corrected chi connectivity index (χ0v) is 10.9. The summed E-state index contributed by atoms with van der Waals surface area (Å²) in [4.78, 5) is 4.30. The number of benzene rings is 1. The summed E-state index contributed by atoms with van der Waals surface area (Å²) in [7, 11) is 0. The predicted octanol–water partition coefficient (Wildman–Crippen LogP) is 4.34. The molecule has 5 heteroatoms. The van der Waals surface area contributed by atoms with Crippen LogP contribution in [0.3, 0.4) is 0 Å². The number of thiazole rings is 1. The van der Waals surface area contributed by atoms with Gasteiger partial charge in [0, 0.05) is 16.5 Å². The van der Waals surface area contributed by atoms with Crippen LogP contribution in [0, 0.1) is 6.92 Å². The Kier molecular flexibility index (Phi) is 3.69. The Morgan fingerprint density at radius 2 is 2.19 bits per heavy atom. The summed E-state index contributed by atoms with van der Waals surface area (Å²) in [5, 5.41) is 4.15. The van der Waals surface area contributed by atoms with Crippen LogP contribution >= 0.6 is 34.5 Å². The number of halogens is 2. The number of aromatic nitrogens is 1. The molecule has 84 valence electrons. The number of aryl methyl sites for hydroxylation is 1. The van der Waals surface area contributed by atoms with Gasteiger partial charge in [-0.05, 0) is 19.1 Å². The maximum absolute atomic E-state index is 5.97. The summed E-state index contributed by atoms with van der Waals surface area (Å²) in [5.74, 6) is 0.583. The zero-order chi connectivity index (χ0) is 11.5. The highest BCUT2D eigenvalue weighted by atomic mass is 35.5. The van der Waals surface area contributed by atoms with Crippen molar-refractivity contribution in [2.24, 2.45) is 0 Å². The molecule has 0 saturated heterocycles. The molecule has 2 aromatic rings. The molecule has 1 aromatic carbocycles. The fourth-order valence-electron chi connectivity index (χ4n) is 1.21. The van der Waals surface area contributed by atoms with Gasteiger partial charge < -0.3 is 4.74 Å². The number of ether oxygens (including phenoxy) is 1. The first-order valence-electron chi connectivity index (χ1n) is 4.64. The second-order valence-electron chi connectivity index (χ2n) is 3.22. The molecule has 0 amide bonds. The predicted molar refractivity (Wildman–Crippen MR) is 67.6 cm³/mol. The Hall–Kier alpha value is -0.770. The summed E-state index contributed by atoms with van der Waals surface area (Å²) in [6.45, 7) is 2.37. The van der Waals surface area contributed by atoms with Gasteiger partial charge in [-0.2, -0.15) is 0 Å². The summed E-state index contributed by atoms with van der Waals surface area (Å²) < 4.78 is 5.54. The summed E-state index contributed by atoms with van der Waals surface area (Å²) >= 11 is 13.4. The van der Waals surface area contributed by atoms with Gasteiger partial charge in [0.05, 0.1) is 15.7 Å². The lowest BCUT2D eigenvalue weighted by molar-refractivity contribution is 0.302. The van der Waals surface area contributed by atoms with Crippen LogP contribution in [0.4, 0.5) is 0 Å². The standard InChI is InChI=1S/C11H9Cl2NOS/c1-7-14-9(6-16-7)5-15-11-4-8(12)2-3-10(11)13/h2-4,6H,5H2,1H3. The molecular weight excluding hydrogens is 265 g/mol. The van der Waals surface area contributed by atoms with Gasteiger partial charge in [-0.15, -0.1) is 11.3 Å². The third kappa shape index (κ3) is 2.88. The van der Waals surface area contributed by atoms with E-state index in [4.69, 9.17) is 27.9 Å². The molecule has 0 N–H and O–H groups in total. The number of rotatable bonds is 3. The third-order valence-electron chi connectivity index (χ3n) is 1.94. The average Bonchev–Trinajstić information content (AvgIpc) is 2.66. The average molecular weight is 274 g/mol. The zero-order valence-electron chi connectivity index (χ0n) is 8.54. The SMILES string of the molecule is Cc1nc(COc2cc(Cl)ccc2Cl)cs1. The topological polar surface area (TPSA) is 22.1 Å². The summed E-state index contributed by atoms with van der Waals surface area (Å²) in [6.07, 6.45) is 0. The number of nitrogens with zero attached hydrogens (tertiary/aromatic N) is 1. The smallest absolute Gasteiger partial charge is 0.139 e. The van der Waals surface area contributed by atoms with Gasteiger partial charge in [0.2, 0.25) is 0 Å². The van der Waals surface area contributed by atoms with Crippen molar-refractivity contribution in [1.82, 2.24) is 4.98 Å². The molecule has 2 rings (SSSR count). The molecule has 0 spiro atoms. The monoisotopic (exact) mass is 273 g/mol. The van der Waals surface area contributed by atoms with Gasteiger partial charge in [-0.1, -0.05) is 23.2 Å². The van der Waals surface area contributed by atoms with Gasteiger partial charge in [0.25, 0.3) is 0 Å². The molecule has 2 nitrogen and oxygen atoms in total. The van der Waals surface area contributed by atoms with Crippen molar-refractivity contribution in [3.05, 3.63) is 44.3 Å². The van der Waals surface area contributed by atoms with Crippen LogP contribution in [0.25, 0.3) is 0 Å². The second-order valence-corrected chi connectivity index (χ2v) is 5.13. The fourth-order valence-corrected chi connectivity index (χ4v) is 2.15. The van der Waals surface area contributed by atoms with Gasteiger partial charge >= 0.3 is 0 Å². The summed E-state index contributed by atoms with van der Waals surface area (Å²) in [5.41, 5.74) is 0.901. The highest BCUT2D eigenvalue weighted by molar-refractivity contribution is 7.09. The second kappa shape index (κ2) is 5.04. The molecular formula is C11H9Cl2NOS. The molecule has 16 heavy (non-hydrogen) atoms. The van der Waals surface area contributed by atoms with Crippen molar-refractivity contribution in [3.8, 4) is 5.75 Å². The summed E-state index contributed by atoms with van der Waals surface area (Å²) in [6, 6.07) is 5.14. The van der Waals surface area contributed by atoms with Gasteiger partial charge in [-0.25, -0.2) is 4.98 Å². The van der Waals surface area contributed by atoms with Crippen LogP contribution in [0.2, 0.25) is 10.0 Å². The first-order chi connectivity index (χ1) is 7.65. The Morgan fingerprint density at radius 1 is 1.38 bits per heavy atom. The molecule has 0 saturated carbocycles. The Balaban J connectivity index is 2.07. The van der Waals surface area contributed by atoms with Crippen molar-refractivity contribution in [2.45, 2.75) is 13.5 Å². The maximum atomic E-state index is 5.97. The van der Waals surface area contributed by atoms with Gasteiger partial charge in [0.15, 0.2) is 0 Å². The van der Waals surface area contributed by atoms with E-state index in [-0.39, 0.29) is 0 Å². The van der Waals surface area contributed by atoms with Crippen LogP contribution in [-0.2, 0) is 6.61 Å². The van der Waals surface area contributed by atoms with Crippen molar-refractivity contribution < 1.29 is 4.74 Å². The Bertz CT molecular complexity index is 498. The van der Waals surface area contributed by atoms with E-state index in [0.29, 0.717) is 22.4 Å². The lowest BCUT2D eigenvalue weighted by Gasteiger charge is -2.06. The van der Waals surface area contributed by atoms with Gasteiger partial charge in [0.1, 0.15) is 12.4 Å². The molecule has 0 fully saturated rings. The van der Waals surface area contributed by atoms with Crippen molar-refractivity contribution in [3.63, 3.8) is 0 Å². The van der Waals surface area contributed by atoms with Crippen LogP contribution in [0.15, 0.2) is 23.6 Å². The van der Waals surface area contributed by atoms with E-state index < -0.39 is 0 Å². The van der Waals surface area contributed by atoms with E-state index >= 15 is 0 Å². The Morgan fingerprint density at radius 3 is 2.88 bits per heavy atom. The Labute approximate surface area is 108 Å². The van der Waals surface area contributed by atoms with E-state index in [0.717, 1.165) is 10.7 Å². The lowest BCUT2D eigenvalue weighted by atomic mass is 10.3. The largest absolute Gasteiger partial charge is 0.486 e. The first-order valence-corrected chi connectivity index (χ1v) is 6.27. The molecule has 1 aromatic heterocycles. The van der Waals surface area contributed by atoms with Crippen LogP contribution in [-0.4, -0.2) is 4.98 Å². The third-order valence-corrected chi connectivity index (χ3v) is 3.31. The molecule has 0 bridgehead atoms. The molecule has 0 aliphatic carbocycles. The van der Waals surface area contributed by atoms with E-state index in [9.17, 15) is 0 Å². The van der Waals surface area contributed by atoms with Crippen molar-refractivity contribution >= 4 is 34.5 Å². The van der Waals surface area contributed by atoms with Crippen molar-refractivity contribution in [1.29, 1.82) is 0 Å². The van der Waals surface area contributed by atoms with E-state index in [2.05, 4.69) is 4.98 Å². The molecule has 0 atom stereocenters. The fraction of sp³-hybridized carbons (Fsp3) is 0.182. The minimum absolute atomic E-state index is 0.407. The normalized spacial score (nSPS) is 10.4. The number of hydrogen-bond donors (Lipinski definition) is 0. The molecule has 1 heterocycles.